The van der Waals surface area contributed by atoms with Crippen LogP contribution in [0.25, 0.3) is 6.08 Å². The first-order valence-corrected chi connectivity index (χ1v) is 8.50. The fraction of sp³-hybridized carbons (Fsp3) is 0.389. The van der Waals surface area contributed by atoms with Crippen LogP contribution < -0.4 is 5.32 Å². The summed E-state index contributed by atoms with van der Waals surface area (Å²) in [5, 5.41) is 17.6. The Bertz CT molecular complexity index is 839. The summed E-state index contributed by atoms with van der Waals surface area (Å²) in [6.45, 7) is 3.91. The monoisotopic (exact) mass is 356 g/mol. The van der Waals surface area contributed by atoms with Crippen LogP contribution in [0, 0.1) is 16.0 Å². The van der Waals surface area contributed by atoms with Crippen molar-refractivity contribution in [1.29, 1.82) is 0 Å². The third kappa shape index (κ3) is 4.33. The molecule has 26 heavy (non-hydrogen) atoms. The molecule has 1 unspecified atom stereocenters. The van der Waals surface area contributed by atoms with E-state index in [4.69, 9.17) is 4.52 Å². The first-order chi connectivity index (χ1) is 12.4. The van der Waals surface area contributed by atoms with Crippen LogP contribution in [0.1, 0.15) is 55.9 Å². The maximum absolute atomic E-state index is 12.3. The number of nitro benzene ring substituents is 1. The molecule has 8 heteroatoms. The minimum Gasteiger partial charge on any atom is -0.340 e. The Morgan fingerprint density at radius 2 is 2.19 bits per heavy atom. The van der Waals surface area contributed by atoms with E-state index in [-0.39, 0.29) is 17.5 Å². The van der Waals surface area contributed by atoms with Gasteiger partial charge in [-0.2, -0.15) is 4.98 Å². The van der Waals surface area contributed by atoms with E-state index in [9.17, 15) is 14.9 Å². The number of amides is 1. The summed E-state index contributed by atoms with van der Waals surface area (Å²) in [5.41, 5.74) is 0.551. The van der Waals surface area contributed by atoms with E-state index >= 15 is 0 Å². The van der Waals surface area contributed by atoms with Crippen LogP contribution in [0.15, 0.2) is 34.9 Å². The highest BCUT2D eigenvalue weighted by Gasteiger charge is 2.31. The van der Waals surface area contributed by atoms with Crippen molar-refractivity contribution < 1.29 is 14.2 Å². The van der Waals surface area contributed by atoms with Gasteiger partial charge in [0.15, 0.2) is 5.82 Å². The van der Waals surface area contributed by atoms with E-state index < -0.39 is 11.0 Å². The highest BCUT2D eigenvalue weighted by molar-refractivity contribution is 5.92. The Morgan fingerprint density at radius 3 is 2.85 bits per heavy atom. The maximum atomic E-state index is 12.3. The molecule has 136 valence electrons. The summed E-state index contributed by atoms with van der Waals surface area (Å²) < 4.78 is 5.32. The summed E-state index contributed by atoms with van der Waals surface area (Å²) >= 11 is 0. The first-order valence-electron chi connectivity index (χ1n) is 8.50. The molecule has 3 rings (SSSR count). The number of carbonyl (C=O) groups is 1. The molecule has 1 N–H and O–H groups in total. The molecule has 1 aliphatic rings. The fourth-order valence-electron chi connectivity index (χ4n) is 2.51. The summed E-state index contributed by atoms with van der Waals surface area (Å²) in [7, 11) is 0. The van der Waals surface area contributed by atoms with Crippen molar-refractivity contribution >= 4 is 17.7 Å². The maximum Gasteiger partial charge on any atom is 0.270 e. The molecule has 8 nitrogen and oxygen atoms in total. The summed E-state index contributed by atoms with van der Waals surface area (Å²) in [6.07, 6.45) is 5.02. The third-order valence-corrected chi connectivity index (χ3v) is 4.14. The van der Waals surface area contributed by atoms with Gasteiger partial charge >= 0.3 is 0 Å². The van der Waals surface area contributed by atoms with Gasteiger partial charge in [-0.3, -0.25) is 14.9 Å². The topological polar surface area (TPSA) is 111 Å². The standard InChI is InChI=1S/C18H20N4O4/c1-11(2)16(18-20-17(21-26-18)13-7-8-13)19-15(23)9-6-12-4-3-5-14(10-12)22(24)25/h3-6,9-11,13,16H,7-8H2,1-2H3,(H,19,23). The molecule has 1 aliphatic carbocycles. The van der Waals surface area contributed by atoms with Crippen molar-refractivity contribution in [1.82, 2.24) is 15.5 Å². The molecule has 1 aromatic carbocycles. The zero-order chi connectivity index (χ0) is 18.7. The van der Waals surface area contributed by atoms with Crippen molar-refractivity contribution in [2.45, 2.75) is 38.6 Å². The van der Waals surface area contributed by atoms with Crippen LogP contribution in [0.3, 0.4) is 0 Å². The molecule has 2 aromatic rings. The fourth-order valence-corrected chi connectivity index (χ4v) is 2.51. The predicted octanol–water partition coefficient (Wildman–Crippen LogP) is 3.38. The number of hydrogen-bond donors (Lipinski definition) is 1. The normalized spacial score (nSPS) is 15.3. The van der Waals surface area contributed by atoms with E-state index in [1.54, 1.807) is 12.1 Å². The number of aromatic nitrogens is 2. The van der Waals surface area contributed by atoms with E-state index in [1.165, 1.54) is 24.3 Å². The Hall–Kier alpha value is -3.03. The second-order valence-electron chi connectivity index (χ2n) is 6.68. The number of nitro groups is 1. The lowest BCUT2D eigenvalue weighted by Gasteiger charge is -2.17. The van der Waals surface area contributed by atoms with Crippen LogP contribution >= 0.6 is 0 Å². The quantitative estimate of drug-likeness (QED) is 0.462. The lowest BCUT2D eigenvalue weighted by molar-refractivity contribution is -0.384. The highest BCUT2D eigenvalue weighted by Crippen LogP contribution is 2.38. The number of non-ortho nitro benzene ring substituents is 1. The van der Waals surface area contributed by atoms with Gasteiger partial charge in [0.1, 0.15) is 6.04 Å². The van der Waals surface area contributed by atoms with Crippen molar-refractivity contribution in [2.24, 2.45) is 5.92 Å². The molecule has 1 heterocycles. The predicted molar refractivity (Wildman–Crippen MR) is 94.1 cm³/mol. The molecular weight excluding hydrogens is 336 g/mol. The molecule has 0 saturated heterocycles. The second kappa shape index (κ2) is 7.47. The molecule has 1 fully saturated rings. The number of nitrogens with one attached hydrogen (secondary N) is 1. The molecule has 0 aliphatic heterocycles. The van der Waals surface area contributed by atoms with E-state index in [0.717, 1.165) is 12.8 Å². The van der Waals surface area contributed by atoms with Gasteiger partial charge in [-0.1, -0.05) is 31.1 Å². The Kier molecular flexibility index (Phi) is 5.11. The van der Waals surface area contributed by atoms with Gasteiger partial charge in [-0.15, -0.1) is 0 Å². The summed E-state index contributed by atoms with van der Waals surface area (Å²) in [4.78, 5) is 27.0. The van der Waals surface area contributed by atoms with Gasteiger partial charge in [-0.25, -0.2) is 0 Å². The average Bonchev–Trinajstić information content (AvgIpc) is 3.35. The molecule has 1 saturated carbocycles. The van der Waals surface area contributed by atoms with Gasteiger partial charge < -0.3 is 9.84 Å². The third-order valence-electron chi connectivity index (χ3n) is 4.14. The minimum atomic E-state index is -0.473. The van der Waals surface area contributed by atoms with Crippen LogP contribution in [0.2, 0.25) is 0 Å². The first kappa shape index (κ1) is 17.8. The zero-order valence-electron chi connectivity index (χ0n) is 14.6. The van der Waals surface area contributed by atoms with Crippen LogP contribution in [0.5, 0.6) is 0 Å². The molecule has 0 spiro atoms. The minimum absolute atomic E-state index is 0.0221. The number of nitrogens with zero attached hydrogens (tertiary/aromatic N) is 3. The Labute approximate surface area is 150 Å². The van der Waals surface area contributed by atoms with Gasteiger partial charge in [-0.05, 0) is 30.4 Å². The molecule has 1 atom stereocenters. The number of carbonyl (C=O) groups excluding carboxylic acids is 1. The van der Waals surface area contributed by atoms with Gasteiger partial charge in [0.25, 0.3) is 5.69 Å². The van der Waals surface area contributed by atoms with Gasteiger partial charge in [0.05, 0.1) is 4.92 Å². The largest absolute Gasteiger partial charge is 0.340 e. The highest BCUT2D eigenvalue weighted by atomic mass is 16.6. The van der Waals surface area contributed by atoms with Crippen molar-refractivity contribution in [3.8, 4) is 0 Å². The molecule has 0 bridgehead atoms. The summed E-state index contributed by atoms with van der Waals surface area (Å²) in [5.74, 6) is 1.22. The van der Waals surface area contributed by atoms with Crippen molar-refractivity contribution in [3.05, 3.63) is 57.7 Å². The van der Waals surface area contributed by atoms with E-state index in [1.807, 2.05) is 13.8 Å². The SMILES string of the molecule is CC(C)C(NC(=O)C=Cc1cccc([N+](=O)[O-])c1)c1nc(C2CC2)no1. The zero-order valence-corrected chi connectivity index (χ0v) is 14.6. The smallest absolute Gasteiger partial charge is 0.270 e. The summed E-state index contributed by atoms with van der Waals surface area (Å²) in [6, 6.07) is 5.68. The molecule has 0 radical (unpaired) electrons. The lowest BCUT2D eigenvalue weighted by Crippen LogP contribution is -2.30. The van der Waals surface area contributed by atoms with Crippen LogP contribution in [0.4, 0.5) is 5.69 Å². The van der Waals surface area contributed by atoms with Gasteiger partial charge in [0, 0.05) is 24.1 Å². The second-order valence-corrected chi connectivity index (χ2v) is 6.68. The number of hydrogen-bond acceptors (Lipinski definition) is 6. The number of benzene rings is 1. The van der Waals surface area contributed by atoms with Crippen molar-refractivity contribution in [3.63, 3.8) is 0 Å². The van der Waals surface area contributed by atoms with Crippen LogP contribution in [-0.4, -0.2) is 21.0 Å². The number of rotatable bonds is 7. The van der Waals surface area contributed by atoms with Gasteiger partial charge in [0.2, 0.25) is 11.8 Å². The Morgan fingerprint density at radius 1 is 1.42 bits per heavy atom. The molecule has 1 amide bonds. The Balaban J connectivity index is 1.67. The van der Waals surface area contributed by atoms with E-state index in [0.29, 0.717) is 23.2 Å². The molecule has 1 aromatic heterocycles. The average molecular weight is 356 g/mol. The van der Waals surface area contributed by atoms with Crippen molar-refractivity contribution in [2.75, 3.05) is 0 Å². The molecular formula is C18H20N4O4. The lowest BCUT2D eigenvalue weighted by atomic mass is 10.0. The van der Waals surface area contributed by atoms with E-state index in [2.05, 4.69) is 15.5 Å². The van der Waals surface area contributed by atoms with Crippen LogP contribution in [-0.2, 0) is 4.79 Å².